The fourth-order valence-electron chi connectivity index (χ4n) is 4.08. The Morgan fingerprint density at radius 3 is 1.53 bits per heavy atom. The van der Waals surface area contributed by atoms with Crippen molar-refractivity contribution in [3.8, 4) is 5.75 Å². The van der Waals surface area contributed by atoms with E-state index in [2.05, 4.69) is 0 Å². The van der Waals surface area contributed by atoms with E-state index in [1.807, 2.05) is 93.6 Å². The second-order valence-electron chi connectivity index (χ2n) is 8.16. The zero-order valence-corrected chi connectivity index (χ0v) is 21.4. The second-order valence-corrected chi connectivity index (χ2v) is 12.8. The van der Waals surface area contributed by atoms with Gasteiger partial charge in [-0.3, -0.25) is 3.63 Å². The Morgan fingerprint density at radius 2 is 1.09 bits per heavy atom. The van der Waals surface area contributed by atoms with Gasteiger partial charge >= 0.3 is 10.1 Å². The van der Waals surface area contributed by atoms with Gasteiger partial charge in [-0.05, 0) is 80.4 Å². The summed E-state index contributed by atoms with van der Waals surface area (Å²) in [5, 5.41) is 0. The first-order valence-corrected chi connectivity index (χ1v) is 14.0. The van der Waals surface area contributed by atoms with Gasteiger partial charge in [-0.2, -0.15) is 0 Å². The molecule has 0 saturated heterocycles. The molecule has 0 aliphatic carbocycles. The third-order valence-electron chi connectivity index (χ3n) is 5.68. The van der Waals surface area contributed by atoms with Gasteiger partial charge in [0.05, 0.1) is 32.1 Å². The van der Waals surface area contributed by atoms with E-state index in [1.54, 1.807) is 31.4 Å². The molecule has 0 unspecified atom stereocenters. The minimum absolute atomic E-state index is 0.184. The average molecular weight is 494 g/mol. The van der Waals surface area contributed by atoms with Crippen molar-refractivity contribution in [2.24, 2.45) is 0 Å². The van der Waals surface area contributed by atoms with Crippen molar-refractivity contribution < 1.29 is 16.8 Å². The summed E-state index contributed by atoms with van der Waals surface area (Å²) in [6.07, 6.45) is 0. The Morgan fingerprint density at radius 1 is 0.618 bits per heavy atom. The molecule has 0 atom stereocenters. The predicted octanol–water partition coefficient (Wildman–Crippen LogP) is 7.30. The summed E-state index contributed by atoms with van der Waals surface area (Å²) in [6.45, 7) is 5.88. The van der Waals surface area contributed by atoms with Gasteiger partial charge in [0.2, 0.25) is 0 Å². The van der Waals surface area contributed by atoms with Gasteiger partial charge in [-0.1, -0.05) is 54.1 Å². The van der Waals surface area contributed by atoms with Gasteiger partial charge in [0.25, 0.3) is 0 Å². The van der Waals surface area contributed by atoms with E-state index in [1.165, 1.54) is 0 Å². The van der Waals surface area contributed by atoms with Crippen molar-refractivity contribution in [2.75, 3.05) is 7.11 Å². The van der Waals surface area contributed by atoms with Gasteiger partial charge in [-0.25, -0.2) is 0 Å². The van der Waals surface area contributed by atoms with E-state index in [-0.39, 0.29) is 4.90 Å². The standard InChI is InChI=1S/C28H28O4S2/c1-21-15-17-26(18-16-21)34(29,30)32-33(24-11-7-5-8-12-24,25-13-9-6-10-14-25)27-19-22(2)28(31-4)23(3)20-27/h5-20H,1-4H3/p+1. The fraction of sp³-hybridized carbons (Fsp3) is 0.143. The van der Waals surface area contributed by atoms with E-state index >= 15 is 0 Å². The highest BCUT2D eigenvalue weighted by atomic mass is 32.3. The first-order chi connectivity index (χ1) is 16.3. The summed E-state index contributed by atoms with van der Waals surface area (Å²) >= 11 is 0. The van der Waals surface area contributed by atoms with E-state index in [9.17, 15) is 8.42 Å². The van der Waals surface area contributed by atoms with Crippen molar-refractivity contribution in [1.29, 1.82) is 0 Å². The van der Waals surface area contributed by atoms with Crippen LogP contribution < -0.4 is 4.74 Å². The summed E-state index contributed by atoms with van der Waals surface area (Å²) in [5.41, 5.74) is 2.86. The lowest BCUT2D eigenvalue weighted by atomic mass is 10.1. The van der Waals surface area contributed by atoms with Crippen LogP contribution in [0.2, 0.25) is 0 Å². The zero-order valence-electron chi connectivity index (χ0n) is 19.7. The molecule has 0 aromatic heterocycles. The van der Waals surface area contributed by atoms with Crippen molar-refractivity contribution in [3.63, 3.8) is 0 Å². The molecule has 0 fully saturated rings. The lowest BCUT2D eigenvalue weighted by Crippen LogP contribution is -2.19. The van der Waals surface area contributed by atoms with Gasteiger partial charge in [-0.15, -0.1) is 8.42 Å². The minimum atomic E-state index is -3.99. The molecule has 1 N–H and O–H groups in total. The summed E-state index contributed by atoms with van der Waals surface area (Å²) in [5.74, 6) is 0.791. The van der Waals surface area contributed by atoms with Crippen molar-refractivity contribution >= 4 is 20.4 Å². The summed E-state index contributed by atoms with van der Waals surface area (Å²) in [6, 6.07) is 30.3. The van der Waals surface area contributed by atoms with Crippen LogP contribution in [-0.4, -0.2) is 19.2 Å². The first-order valence-electron chi connectivity index (χ1n) is 10.9. The summed E-state index contributed by atoms with van der Waals surface area (Å²) < 4.78 is 38.0. The number of methoxy groups -OCH3 is 1. The van der Waals surface area contributed by atoms with Crippen LogP contribution >= 0.6 is 10.3 Å². The molecule has 6 heteroatoms. The monoisotopic (exact) mass is 493 g/mol. The smallest absolute Gasteiger partial charge is 0.422 e. The minimum Gasteiger partial charge on any atom is -0.496 e. The molecule has 34 heavy (non-hydrogen) atoms. The molecule has 4 nitrogen and oxygen atoms in total. The van der Waals surface area contributed by atoms with E-state index in [0.29, 0.717) is 0 Å². The van der Waals surface area contributed by atoms with Crippen LogP contribution in [0.3, 0.4) is 0 Å². The average Bonchev–Trinajstić information content (AvgIpc) is 2.84. The zero-order chi connectivity index (χ0) is 24.3. The largest absolute Gasteiger partial charge is 0.496 e. The van der Waals surface area contributed by atoms with Gasteiger partial charge < -0.3 is 4.74 Å². The van der Waals surface area contributed by atoms with Gasteiger partial charge in [0.15, 0.2) is 0 Å². The van der Waals surface area contributed by atoms with Crippen LogP contribution in [0.25, 0.3) is 0 Å². The van der Waals surface area contributed by atoms with E-state index < -0.39 is 20.4 Å². The number of aryl methyl sites for hydroxylation is 3. The third kappa shape index (κ3) is 4.49. The lowest BCUT2D eigenvalue weighted by molar-refractivity contribution is 0.386. The molecule has 0 amide bonds. The maximum atomic E-state index is 13.8. The maximum Gasteiger partial charge on any atom is 0.422 e. The van der Waals surface area contributed by atoms with Crippen molar-refractivity contribution in [2.45, 2.75) is 40.4 Å². The van der Waals surface area contributed by atoms with E-state index in [0.717, 1.165) is 37.1 Å². The number of ether oxygens (including phenoxy) is 1. The number of rotatable bonds is 7. The van der Waals surface area contributed by atoms with Crippen LogP contribution in [-0.2, 0) is 10.1 Å². The Hall–Kier alpha value is -3.06. The van der Waals surface area contributed by atoms with Crippen molar-refractivity contribution in [3.05, 3.63) is 114 Å². The van der Waals surface area contributed by atoms with Crippen LogP contribution in [0.15, 0.2) is 117 Å². The summed E-state index contributed by atoms with van der Waals surface area (Å²) in [4.78, 5) is 2.72. The van der Waals surface area contributed by atoms with Gasteiger partial charge in [0.1, 0.15) is 10.6 Å². The maximum absolute atomic E-state index is 13.8. The molecule has 0 aliphatic heterocycles. The van der Waals surface area contributed by atoms with Crippen LogP contribution in [0.5, 0.6) is 5.75 Å². The number of hydrogen-bond acceptors (Lipinski definition) is 3. The first kappa shape index (κ1) is 24.1. The Kier molecular flexibility index (Phi) is 6.84. The van der Waals surface area contributed by atoms with Crippen LogP contribution in [0.4, 0.5) is 0 Å². The Bertz CT molecular complexity index is 1320. The number of hydrogen-bond donors (Lipinski definition) is 0. The summed E-state index contributed by atoms with van der Waals surface area (Å²) in [7, 11) is -4.88. The highest BCUT2D eigenvalue weighted by Crippen LogP contribution is 2.69. The molecule has 0 bridgehead atoms. The molecule has 4 aromatic carbocycles. The predicted molar refractivity (Wildman–Crippen MR) is 139 cm³/mol. The van der Waals surface area contributed by atoms with Crippen molar-refractivity contribution in [1.82, 2.24) is 0 Å². The molecular formula is C28H29O4S2+. The fourth-order valence-corrected chi connectivity index (χ4v) is 9.72. The quantitative estimate of drug-likeness (QED) is 0.200. The highest BCUT2D eigenvalue weighted by Gasteiger charge is 2.43. The van der Waals surface area contributed by atoms with Gasteiger partial charge in [0, 0.05) is 0 Å². The number of benzene rings is 4. The molecule has 0 heterocycles. The topological polar surface area (TPSA) is 56.2 Å². The normalized spacial score (nSPS) is 12.4. The Balaban J connectivity index is 2.05. The highest BCUT2D eigenvalue weighted by molar-refractivity contribution is 8.32. The SMILES string of the molecule is COc1c(C)cc(S([OH+]S(=O)(=O)c2ccc(C)cc2)(c2ccccc2)c2ccccc2)cc1C. The third-order valence-corrected chi connectivity index (χ3v) is 11.1. The van der Waals surface area contributed by atoms with E-state index in [4.69, 9.17) is 8.37 Å². The molecular weight excluding hydrogens is 464 g/mol. The Labute approximate surface area is 203 Å². The molecule has 0 radical (unpaired) electrons. The lowest BCUT2D eigenvalue weighted by Gasteiger charge is -2.35. The van der Waals surface area contributed by atoms with Crippen LogP contribution in [0.1, 0.15) is 16.7 Å². The molecule has 4 rings (SSSR count). The second kappa shape index (κ2) is 9.66. The van der Waals surface area contributed by atoms with Crippen LogP contribution in [0, 0.1) is 20.8 Å². The molecule has 0 aliphatic rings. The molecule has 0 saturated carbocycles. The molecule has 176 valence electrons. The molecule has 0 spiro atoms. The molecule has 4 aromatic rings.